The van der Waals surface area contributed by atoms with E-state index in [1.165, 1.54) is 5.39 Å². The SMILES string of the molecule is CCC(C)NCc1cc2ccccc2o1. The standard InChI is InChI=1S/C13H17NO/c1-3-10(2)14-9-12-8-11-6-4-5-7-13(11)15-12/h4-8,10,14H,3,9H2,1-2H3. The van der Waals surface area contributed by atoms with Crippen molar-refractivity contribution in [3.63, 3.8) is 0 Å². The summed E-state index contributed by atoms with van der Waals surface area (Å²) in [5.41, 5.74) is 0.971. The highest BCUT2D eigenvalue weighted by molar-refractivity contribution is 5.77. The summed E-state index contributed by atoms with van der Waals surface area (Å²) in [6.07, 6.45) is 1.14. The van der Waals surface area contributed by atoms with Gasteiger partial charge in [0.25, 0.3) is 0 Å². The lowest BCUT2D eigenvalue weighted by molar-refractivity contribution is 0.468. The molecular weight excluding hydrogens is 186 g/mol. The molecular formula is C13H17NO. The predicted molar refractivity (Wildman–Crippen MR) is 62.8 cm³/mol. The zero-order valence-corrected chi connectivity index (χ0v) is 9.29. The average molecular weight is 203 g/mol. The lowest BCUT2D eigenvalue weighted by Crippen LogP contribution is -2.24. The summed E-state index contributed by atoms with van der Waals surface area (Å²) in [4.78, 5) is 0. The van der Waals surface area contributed by atoms with E-state index in [2.05, 4.69) is 31.3 Å². The maximum atomic E-state index is 5.70. The number of fused-ring (bicyclic) bond motifs is 1. The van der Waals surface area contributed by atoms with Crippen LogP contribution in [-0.2, 0) is 6.54 Å². The summed E-state index contributed by atoms with van der Waals surface area (Å²) in [6.45, 7) is 5.17. The molecule has 0 saturated carbocycles. The van der Waals surface area contributed by atoms with E-state index in [4.69, 9.17) is 4.42 Å². The molecule has 80 valence electrons. The molecule has 0 fully saturated rings. The summed E-state index contributed by atoms with van der Waals surface area (Å²) >= 11 is 0. The van der Waals surface area contributed by atoms with Gasteiger partial charge < -0.3 is 9.73 Å². The summed E-state index contributed by atoms with van der Waals surface area (Å²) in [5.74, 6) is 1.01. The van der Waals surface area contributed by atoms with Crippen molar-refractivity contribution in [2.45, 2.75) is 32.9 Å². The van der Waals surface area contributed by atoms with Crippen LogP contribution in [0.4, 0.5) is 0 Å². The fraction of sp³-hybridized carbons (Fsp3) is 0.385. The van der Waals surface area contributed by atoms with Crippen LogP contribution in [0.15, 0.2) is 34.7 Å². The highest BCUT2D eigenvalue weighted by Crippen LogP contribution is 2.18. The monoisotopic (exact) mass is 203 g/mol. The molecule has 2 nitrogen and oxygen atoms in total. The molecule has 0 aliphatic rings. The summed E-state index contributed by atoms with van der Waals surface area (Å²) in [5, 5.41) is 4.59. The minimum atomic E-state index is 0.540. The Morgan fingerprint density at radius 1 is 1.33 bits per heavy atom. The van der Waals surface area contributed by atoms with Crippen LogP contribution in [0.25, 0.3) is 11.0 Å². The third-order valence-corrected chi connectivity index (χ3v) is 2.71. The second-order valence-corrected chi connectivity index (χ2v) is 3.94. The fourth-order valence-corrected chi connectivity index (χ4v) is 1.54. The van der Waals surface area contributed by atoms with Gasteiger partial charge in [0.1, 0.15) is 11.3 Å². The van der Waals surface area contributed by atoms with Crippen molar-refractivity contribution in [2.24, 2.45) is 0 Å². The summed E-state index contributed by atoms with van der Waals surface area (Å²) < 4.78 is 5.70. The molecule has 1 heterocycles. The highest BCUT2D eigenvalue weighted by atomic mass is 16.3. The Morgan fingerprint density at radius 2 is 2.13 bits per heavy atom. The van der Waals surface area contributed by atoms with Gasteiger partial charge in [-0.15, -0.1) is 0 Å². The quantitative estimate of drug-likeness (QED) is 0.824. The maximum Gasteiger partial charge on any atom is 0.134 e. The Labute approximate surface area is 90.3 Å². The van der Waals surface area contributed by atoms with E-state index in [1.807, 2.05) is 18.2 Å². The molecule has 2 aromatic rings. The second kappa shape index (κ2) is 4.49. The third kappa shape index (κ3) is 2.39. The second-order valence-electron chi connectivity index (χ2n) is 3.94. The predicted octanol–water partition coefficient (Wildman–Crippen LogP) is 3.32. The van der Waals surface area contributed by atoms with Crippen molar-refractivity contribution < 1.29 is 4.42 Å². The van der Waals surface area contributed by atoms with Gasteiger partial charge in [0.15, 0.2) is 0 Å². The van der Waals surface area contributed by atoms with E-state index in [-0.39, 0.29) is 0 Å². The van der Waals surface area contributed by atoms with Crippen LogP contribution >= 0.6 is 0 Å². The first-order valence-electron chi connectivity index (χ1n) is 5.50. The minimum absolute atomic E-state index is 0.540. The zero-order valence-electron chi connectivity index (χ0n) is 9.29. The number of rotatable bonds is 4. The number of furan rings is 1. The molecule has 0 aliphatic heterocycles. The summed E-state index contributed by atoms with van der Waals surface area (Å²) in [7, 11) is 0. The third-order valence-electron chi connectivity index (χ3n) is 2.71. The van der Waals surface area contributed by atoms with Crippen molar-refractivity contribution in [1.82, 2.24) is 5.32 Å². The first-order valence-corrected chi connectivity index (χ1v) is 5.50. The number of hydrogen-bond acceptors (Lipinski definition) is 2. The van der Waals surface area contributed by atoms with E-state index >= 15 is 0 Å². The molecule has 0 aliphatic carbocycles. The fourth-order valence-electron chi connectivity index (χ4n) is 1.54. The number of hydrogen-bond donors (Lipinski definition) is 1. The van der Waals surface area contributed by atoms with Crippen LogP contribution in [0.5, 0.6) is 0 Å². The maximum absolute atomic E-state index is 5.70. The van der Waals surface area contributed by atoms with Crippen molar-refractivity contribution in [1.29, 1.82) is 0 Å². The molecule has 15 heavy (non-hydrogen) atoms. The molecule has 0 saturated heterocycles. The van der Waals surface area contributed by atoms with Crippen LogP contribution in [-0.4, -0.2) is 6.04 Å². The van der Waals surface area contributed by atoms with Crippen LogP contribution in [0, 0.1) is 0 Å². The summed E-state index contributed by atoms with van der Waals surface area (Å²) in [6, 6.07) is 10.7. The van der Waals surface area contributed by atoms with E-state index in [0.29, 0.717) is 6.04 Å². The Kier molecular flexibility index (Phi) is 3.07. The molecule has 2 rings (SSSR count). The molecule has 2 heteroatoms. The minimum Gasteiger partial charge on any atom is -0.460 e. The van der Waals surface area contributed by atoms with E-state index in [1.54, 1.807) is 0 Å². The Morgan fingerprint density at radius 3 is 2.87 bits per heavy atom. The van der Waals surface area contributed by atoms with Gasteiger partial charge in [-0.2, -0.15) is 0 Å². The first kappa shape index (κ1) is 10.2. The molecule has 0 radical (unpaired) electrons. The van der Waals surface area contributed by atoms with Gasteiger partial charge >= 0.3 is 0 Å². The molecule has 0 spiro atoms. The molecule has 1 unspecified atom stereocenters. The van der Waals surface area contributed by atoms with Crippen LogP contribution in [0.1, 0.15) is 26.0 Å². The number of para-hydroxylation sites is 1. The van der Waals surface area contributed by atoms with E-state index < -0.39 is 0 Å². The lowest BCUT2D eigenvalue weighted by Gasteiger charge is -2.08. The number of benzene rings is 1. The van der Waals surface area contributed by atoms with Gasteiger partial charge in [-0.1, -0.05) is 25.1 Å². The molecule has 1 N–H and O–H groups in total. The van der Waals surface area contributed by atoms with Gasteiger partial charge in [0, 0.05) is 11.4 Å². The van der Waals surface area contributed by atoms with Crippen molar-refractivity contribution in [3.05, 3.63) is 36.1 Å². The average Bonchev–Trinajstić information content (AvgIpc) is 2.68. The zero-order chi connectivity index (χ0) is 10.7. The molecule has 0 amide bonds. The van der Waals surface area contributed by atoms with E-state index in [9.17, 15) is 0 Å². The highest BCUT2D eigenvalue weighted by Gasteiger charge is 2.03. The van der Waals surface area contributed by atoms with Crippen LogP contribution in [0.3, 0.4) is 0 Å². The van der Waals surface area contributed by atoms with Crippen molar-refractivity contribution in [3.8, 4) is 0 Å². The Hall–Kier alpha value is -1.28. The molecule has 0 bridgehead atoms. The Balaban J connectivity index is 2.09. The van der Waals surface area contributed by atoms with Gasteiger partial charge in [0.2, 0.25) is 0 Å². The first-order chi connectivity index (χ1) is 7.29. The van der Waals surface area contributed by atoms with Gasteiger partial charge in [-0.25, -0.2) is 0 Å². The van der Waals surface area contributed by atoms with Gasteiger partial charge in [-0.3, -0.25) is 0 Å². The largest absolute Gasteiger partial charge is 0.460 e. The van der Waals surface area contributed by atoms with Crippen LogP contribution < -0.4 is 5.32 Å². The molecule has 1 aromatic carbocycles. The van der Waals surface area contributed by atoms with Gasteiger partial charge in [-0.05, 0) is 25.5 Å². The molecule has 1 aromatic heterocycles. The molecule has 1 atom stereocenters. The number of nitrogens with one attached hydrogen (secondary N) is 1. The van der Waals surface area contributed by atoms with E-state index in [0.717, 1.165) is 24.3 Å². The van der Waals surface area contributed by atoms with Gasteiger partial charge in [0.05, 0.1) is 6.54 Å². The van der Waals surface area contributed by atoms with Crippen LogP contribution in [0.2, 0.25) is 0 Å². The Bertz CT molecular complexity index is 400. The van der Waals surface area contributed by atoms with Crippen molar-refractivity contribution >= 4 is 11.0 Å². The van der Waals surface area contributed by atoms with Crippen molar-refractivity contribution in [2.75, 3.05) is 0 Å². The topological polar surface area (TPSA) is 25.2 Å². The smallest absolute Gasteiger partial charge is 0.134 e. The normalized spacial score (nSPS) is 13.2. The lowest BCUT2D eigenvalue weighted by atomic mass is 10.2.